The van der Waals surface area contributed by atoms with Gasteiger partial charge in [0, 0.05) is 12.1 Å². The second-order valence-corrected chi connectivity index (χ2v) is 7.36. The van der Waals surface area contributed by atoms with Crippen LogP contribution in [-0.4, -0.2) is 23.2 Å². The molecule has 3 aromatic rings. The summed E-state index contributed by atoms with van der Waals surface area (Å²) in [5.74, 6) is 0.0190. The molecule has 0 saturated carbocycles. The lowest BCUT2D eigenvalue weighted by Gasteiger charge is -2.27. The fraction of sp³-hybridized carbons (Fsp3) is 0.200. The quantitative estimate of drug-likeness (QED) is 0.558. The second-order valence-electron chi connectivity index (χ2n) is 7.36. The summed E-state index contributed by atoms with van der Waals surface area (Å²) in [6, 6.07) is 21.8. The fourth-order valence-electron chi connectivity index (χ4n) is 3.07. The van der Waals surface area contributed by atoms with Gasteiger partial charge in [-0.1, -0.05) is 54.1 Å². The normalized spacial score (nSPS) is 12.5. The number of aryl methyl sites for hydroxylation is 2. The number of nitrogens with one attached hydrogen (secondary N) is 1. The highest BCUT2D eigenvalue weighted by atomic mass is 16.5. The highest BCUT2D eigenvalue weighted by Gasteiger charge is 2.37. The van der Waals surface area contributed by atoms with Crippen molar-refractivity contribution < 1.29 is 14.6 Å². The first-order chi connectivity index (χ1) is 14.4. The molecule has 0 spiro atoms. The number of nitrogens with zero attached hydrogens (tertiary/aromatic N) is 1. The maximum atomic E-state index is 13.1. The predicted molar refractivity (Wildman–Crippen MR) is 118 cm³/mol. The first-order valence-electron chi connectivity index (χ1n) is 9.65. The van der Waals surface area contributed by atoms with E-state index in [-0.39, 0.29) is 13.0 Å². The average molecular weight is 400 g/mol. The highest BCUT2D eigenvalue weighted by Crippen LogP contribution is 2.24. The summed E-state index contributed by atoms with van der Waals surface area (Å²) in [6.45, 7) is 10.7. The van der Waals surface area contributed by atoms with Gasteiger partial charge in [0.1, 0.15) is 12.4 Å². The van der Waals surface area contributed by atoms with Gasteiger partial charge in [0.15, 0.2) is 11.3 Å². The molecule has 0 aliphatic carbocycles. The Labute approximate surface area is 176 Å². The fourth-order valence-corrected chi connectivity index (χ4v) is 3.07. The summed E-state index contributed by atoms with van der Waals surface area (Å²) < 4.78 is 5.77. The van der Waals surface area contributed by atoms with E-state index in [2.05, 4.69) is 10.2 Å². The molecule has 5 heteroatoms. The van der Waals surface area contributed by atoms with E-state index in [4.69, 9.17) is 11.3 Å². The van der Waals surface area contributed by atoms with Gasteiger partial charge in [-0.05, 0) is 49.2 Å². The van der Waals surface area contributed by atoms with Crippen molar-refractivity contribution in [3.05, 3.63) is 101 Å². The van der Waals surface area contributed by atoms with E-state index in [1.54, 1.807) is 25.1 Å². The minimum atomic E-state index is -1.78. The van der Waals surface area contributed by atoms with E-state index in [1.165, 1.54) is 0 Å². The molecule has 3 aromatic carbocycles. The van der Waals surface area contributed by atoms with Crippen molar-refractivity contribution in [1.29, 1.82) is 0 Å². The first kappa shape index (κ1) is 21.1. The Morgan fingerprint density at radius 2 is 1.77 bits per heavy atom. The van der Waals surface area contributed by atoms with Gasteiger partial charge in [0.25, 0.3) is 5.91 Å². The molecule has 5 nitrogen and oxygen atoms in total. The highest BCUT2D eigenvalue weighted by molar-refractivity contribution is 5.97. The topological polar surface area (TPSA) is 62.9 Å². The largest absolute Gasteiger partial charge is 0.490 e. The Balaban J connectivity index is 1.81. The van der Waals surface area contributed by atoms with E-state index in [0.717, 1.165) is 16.7 Å². The minimum absolute atomic E-state index is 0.102. The molecule has 0 aliphatic rings. The Morgan fingerprint density at radius 1 is 1.07 bits per heavy atom. The van der Waals surface area contributed by atoms with Crippen molar-refractivity contribution in [3.8, 4) is 5.75 Å². The smallest absolute Gasteiger partial charge is 0.260 e. The lowest BCUT2D eigenvalue weighted by molar-refractivity contribution is -0.137. The number of hydrogen-bond acceptors (Lipinski definition) is 3. The summed E-state index contributed by atoms with van der Waals surface area (Å²) in [5.41, 5.74) is 1.94. The lowest BCUT2D eigenvalue weighted by atomic mass is 9.94. The Morgan fingerprint density at radius 3 is 2.40 bits per heavy atom. The lowest BCUT2D eigenvalue weighted by Crippen LogP contribution is -2.49. The van der Waals surface area contributed by atoms with Crippen molar-refractivity contribution in [1.82, 2.24) is 0 Å². The van der Waals surface area contributed by atoms with Crippen LogP contribution in [0, 0.1) is 20.4 Å². The molecule has 152 valence electrons. The molecule has 1 amide bonds. The number of amides is 1. The number of hydrogen-bond donors (Lipinski definition) is 2. The third-order valence-corrected chi connectivity index (χ3v) is 4.84. The van der Waals surface area contributed by atoms with Gasteiger partial charge in [-0.2, -0.15) is 0 Å². The standard InChI is InChI=1S/C25H24N2O3/c1-18-9-12-22(13-10-18)30-17-25(29,16-20-7-5-4-6-8-20)24(28)27-21-11-14-23(26-3)19(2)15-21/h4-15,29H,16-17H2,1-2H3,(H,27,28)/t25-/m0/s1. The van der Waals surface area contributed by atoms with Gasteiger partial charge in [0.05, 0.1) is 6.57 Å². The molecule has 0 aliphatic heterocycles. The molecule has 0 saturated heterocycles. The van der Waals surface area contributed by atoms with Crippen LogP contribution in [0.4, 0.5) is 11.4 Å². The maximum absolute atomic E-state index is 13.1. The van der Waals surface area contributed by atoms with Crippen LogP contribution >= 0.6 is 0 Å². The molecule has 0 radical (unpaired) electrons. The van der Waals surface area contributed by atoms with Gasteiger partial charge in [-0.3, -0.25) is 4.79 Å². The summed E-state index contributed by atoms with van der Waals surface area (Å²) in [7, 11) is 0. The third kappa shape index (κ3) is 5.25. The van der Waals surface area contributed by atoms with Crippen LogP contribution in [0.3, 0.4) is 0 Å². The molecule has 0 fully saturated rings. The van der Waals surface area contributed by atoms with Gasteiger partial charge in [0.2, 0.25) is 0 Å². The van der Waals surface area contributed by atoms with Crippen LogP contribution in [0.2, 0.25) is 0 Å². The average Bonchev–Trinajstić information content (AvgIpc) is 2.74. The Bertz CT molecular complexity index is 1060. The zero-order valence-corrected chi connectivity index (χ0v) is 17.1. The van der Waals surface area contributed by atoms with Crippen molar-refractivity contribution in [3.63, 3.8) is 0 Å². The van der Waals surface area contributed by atoms with E-state index in [1.807, 2.05) is 61.5 Å². The maximum Gasteiger partial charge on any atom is 0.260 e. The molecule has 0 unspecified atom stereocenters. The van der Waals surface area contributed by atoms with Crippen molar-refractivity contribution in [2.75, 3.05) is 11.9 Å². The Kier molecular flexibility index (Phi) is 6.51. The third-order valence-electron chi connectivity index (χ3n) is 4.84. The summed E-state index contributed by atoms with van der Waals surface area (Å²) in [6.07, 6.45) is 0.102. The minimum Gasteiger partial charge on any atom is -0.490 e. The van der Waals surface area contributed by atoms with Crippen LogP contribution in [0.15, 0.2) is 72.8 Å². The van der Waals surface area contributed by atoms with E-state index < -0.39 is 11.5 Å². The molecule has 0 aromatic heterocycles. The van der Waals surface area contributed by atoms with E-state index in [9.17, 15) is 9.90 Å². The van der Waals surface area contributed by atoms with E-state index >= 15 is 0 Å². The van der Waals surface area contributed by atoms with Gasteiger partial charge >= 0.3 is 0 Å². The predicted octanol–water partition coefficient (Wildman–Crippen LogP) is 4.85. The van der Waals surface area contributed by atoms with Crippen molar-refractivity contribution >= 4 is 17.3 Å². The second kappa shape index (κ2) is 9.25. The monoisotopic (exact) mass is 400 g/mol. The zero-order chi connectivity index (χ0) is 21.6. The van der Waals surface area contributed by atoms with Crippen LogP contribution in [0.5, 0.6) is 5.75 Å². The first-order valence-corrected chi connectivity index (χ1v) is 9.65. The number of benzene rings is 3. The van der Waals surface area contributed by atoms with Crippen LogP contribution in [-0.2, 0) is 11.2 Å². The van der Waals surface area contributed by atoms with Gasteiger partial charge in [-0.15, -0.1) is 0 Å². The molecule has 0 heterocycles. The number of rotatable bonds is 7. The van der Waals surface area contributed by atoms with Crippen molar-refractivity contribution in [2.24, 2.45) is 0 Å². The van der Waals surface area contributed by atoms with Gasteiger partial charge in [-0.25, -0.2) is 4.85 Å². The molecule has 2 N–H and O–H groups in total. The number of aliphatic hydroxyl groups is 1. The summed E-state index contributed by atoms with van der Waals surface area (Å²) >= 11 is 0. The SMILES string of the molecule is [C-]#[N+]c1ccc(NC(=O)[C@@](O)(COc2ccc(C)cc2)Cc2ccccc2)cc1C. The van der Waals surface area contributed by atoms with Crippen LogP contribution < -0.4 is 10.1 Å². The molecule has 3 rings (SSSR count). The van der Waals surface area contributed by atoms with Gasteiger partial charge < -0.3 is 15.2 Å². The molecular weight excluding hydrogens is 376 g/mol. The summed E-state index contributed by atoms with van der Waals surface area (Å²) in [5, 5.41) is 14.1. The number of anilines is 1. The Hall–Kier alpha value is -3.62. The van der Waals surface area contributed by atoms with Crippen LogP contribution in [0.25, 0.3) is 4.85 Å². The molecular formula is C25H24N2O3. The summed E-state index contributed by atoms with van der Waals surface area (Å²) in [4.78, 5) is 16.5. The number of ether oxygens (including phenoxy) is 1. The van der Waals surface area contributed by atoms with Crippen molar-refractivity contribution in [2.45, 2.75) is 25.9 Å². The molecule has 1 atom stereocenters. The van der Waals surface area contributed by atoms with E-state index in [0.29, 0.717) is 17.1 Å². The number of carbonyl (C=O) groups excluding carboxylic acids is 1. The zero-order valence-electron chi connectivity index (χ0n) is 17.1. The molecule has 0 bridgehead atoms. The number of carbonyl (C=O) groups is 1. The molecule has 30 heavy (non-hydrogen) atoms. The van der Waals surface area contributed by atoms with Crippen LogP contribution in [0.1, 0.15) is 16.7 Å².